The summed E-state index contributed by atoms with van der Waals surface area (Å²) in [6.45, 7) is 2.69. The van der Waals surface area contributed by atoms with Gasteiger partial charge in [0.15, 0.2) is 11.6 Å². The molecule has 1 atom stereocenters. The molecule has 4 heterocycles. The molecule has 0 aromatic carbocycles. The molecule has 1 aliphatic rings. The zero-order chi connectivity index (χ0) is 18.6. The third-order valence-corrected chi connectivity index (χ3v) is 5.02. The van der Waals surface area contributed by atoms with Crippen molar-refractivity contribution in [3.63, 3.8) is 0 Å². The molecule has 3 aromatic rings. The Morgan fingerprint density at radius 2 is 2.00 bits per heavy atom. The summed E-state index contributed by atoms with van der Waals surface area (Å²) in [5.74, 6) is 2.53. The van der Waals surface area contributed by atoms with E-state index in [9.17, 15) is 5.11 Å². The Labute approximate surface area is 157 Å². The molecule has 1 saturated heterocycles. The number of aliphatic hydroxyl groups is 1. The van der Waals surface area contributed by atoms with Gasteiger partial charge in [0, 0.05) is 50.2 Å². The molecule has 4 rings (SSSR count). The van der Waals surface area contributed by atoms with E-state index in [0.717, 1.165) is 49.6 Å². The van der Waals surface area contributed by atoms with Crippen LogP contribution in [0.3, 0.4) is 0 Å². The Morgan fingerprint density at radius 3 is 2.70 bits per heavy atom. The Kier molecular flexibility index (Phi) is 5.17. The van der Waals surface area contributed by atoms with Gasteiger partial charge in [-0.25, -0.2) is 9.97 Å². The number of aliphatic hydroxyl groups excluding tert-OH is 1. The van der Waals surface area contributed by atoms with E-state index in [-0.39, 0.29) is 6.61 Å². The maximum atomic E-state index is 9.33. The standard InChI is InChI=1S/C19H23N7O/c1-25-17(13-27)23-24-19(25)15-5-4-8-26(12-15)11-14-9-21-18(22-10-14)16-6-2-3-7-20-16/h2-3,6-7,9-10,15,27H,4-5,8,11-13H2,1H3/t15-/m1/s1. The minimum atomic E-state index is -0.0834. The molecule has 27 heavy (non-hydrogen) atoms. The lowest BCUT2D eigenvalue weighted by molar-refractivity contribution is 0.194. The van der Waals surface area contributed by atoms with Crippen LogP contribution in [0.4, 0.5) is 0 Å². The van der Waals surface area contributed by atoms with Gasteiger partial charge in [0.25, 0.3) is 0 Å². The molecule has 140 valence electrons. The highest BCUT2D eigenvalue weighted by molar-refractivity contribution is 5.47. The first-order valence-corrected chi connectivity index (χ1v) is 9.18. The Hall–Kier alpha value is -2.71. The lowest BCUT2D eigenvalue weighted by atomic mass is 9.97. The van der Waals surface area contributed by atoms with Gasteiger partial charge in [-0.1, -0.05) is 6.07 Å². The van der Waals surface area contributed by atoms with Crippen LogP contribution in [0.5, 0.6) is 0 Å². The SMILES string of the molecule is Cn1c(CO)nnc1[C@@H]1CCCN(Cc2cnc(-c3ccccn3)nc2)C1. The predicted molar refractivity (Wildman–Crippen MR) is 99.4 cm³/mol. The van der Waals surface area contributed by atoms with Gasteiger partial charge in [-0.05, 0) is 31.5 Å². The van der Waals surface area contributed by atoms with Crippen molar-refractivity contribution in [2.75, 3.05) is 13.1 Å². The highest BCUT2D eigenvalue weighted by Crippen LogP contribution is 2.26. The number of piperidine rings is 1. The van der Waals surface area contributed by atoms with Crippen LogP contribution in [-0.4, -0.2) is 52.8 Å². The third kappa shape index (κ3) is 3.86. The number of likely N-dealkylation sites (tertiary alicyclic amines) is 1. The van der Waals surface area contributed by atoms with Crippen molar-refractivity contribution >= 4 is 0 Å². The summed E-state index contributed by atoms with van der Waals surface area (Å²) in [5, 5.41) is 17.7. The van der Waals surface area contributed by atoms with Crippen molar-refractivity contribution in [3.8, 4) is 11.5 Å². The van der Waals surface area contributed by atoms with E-state index in [2.05, 4.69) is 30.0 Å². The molecule has 8 heteroatoms. The molecular formula is C19H23N7O. The summed E-state index contributed by atoms with van der Waals surface area (Å²) in [7, 11) is 1.92. The summed E-state index contributed by atoms with van der Waals surface area (Å²) in [4.78, 5) is 15.6. The molecule has 0 amide bonds. The van der Waals surface area contributed by atoms with Crippen LogP contribution in [0, 0.1) is 0 Å². The second kappa shape index (κ2) is 7.89. The molecule has 1 fully saturated rings. The van der Waals surface area contributed by atoms with Gasteiger partial charge in [-0.2, -0.15) is 0 Å². The molecule has 3 aromatic heterocycles. The van der Waals surface area contributed by atoms with Gasteiger partial charge < -0.3 is 9.67 Å². The van der Waals surface area contributed by atoms with E-state index < -0.39 is 0 Å². The zero-order valence-electron chi connectivity index (χ0n) is 15.4. The van der Waals surface area contributed by atoms with Crippen LogP contribution < -0.4 is 0 Å². The molecule has 0 aliphatic carbocycles. The van der Waals surface area contributed by atoms with Gasteiger partial charge in [0.1, 0.15) is 18.1 Å². The second-order valence-corrected chi connectivity index (χ2v) is 6.90. The first-order chi connectivity index (χ1) is 13.2. The average molecular weight is 365 g/mol. The molecule has 0 bridgehead atoms. The van der Waals surface area contributed by atoms with E-state index in [1.807, 2.05) is 42.2 Å². The second-order valence-electron chi connectivity index (χ2n) is 6.90. The maximum Gasteiger partial charge on any atom is 0.178 e. The molecule has 1 aliphatic heterocycles. The Bertz CT molecular complexity index is 879. The summed E-state index contributed by atoms with van der Waals surface area (Å²) in [5.41, 5.74) is 1.87. The van der Waals surface area contributed by atoms with Crippen LogP contribution in [0.25, 0.3) is 11.5 Å². The van der Waals surface area contributed by atoms with Crippen molar-refractivity contribution in [3.05, 3.63) is 54.0 Å². The fourth-order valence-corrected chi connectivity index (χ4v) is 3.60. The molecule has 0 radical (unpaired) electrons. The van der Waals surface area contributed by atoms with Gasteiger partial charge >= 0.3 is 0 Å². The van der Waals surface area contributed by atoms with Gasteiger partial charge in [-0.3, -0.25) is 9.88 Å². The Balaban J connectivity index is 1.42. The lowest BCUT2D eigenvalue weighted by Gasteiger charge is -2.32. The predicted octanol–water partition coefficient (Wildman–Crippen LogP) is 1.54. The molecule has 1 N–H and O–H groups in total. The van der Waals surface area contributed by atoms with Crippen LogP contribution in [0.15, 0.2) is 36.8 Å². The number of aromatic nitrogens is 6. The number of pyridine rings is 1. The average Bonchev–Trinajstić information content (AvgIpc) is 3.10. The van der Waals surface area contributed by atoms with E-state index in [0.29, 0.717) is 17.6 Å². The first-order valence-electron chi connectivity index (χ1n) is 9.18. The van der Waals surface area contributed by atoms with E-state index >= 15 is 0 Å². The van der Waals surface area contributed by atoms with Crippen LogP contribution in [0.2, 0.25) is 0 Å². The van der Waals surface area contributed by atoms with Crippen molar-refractivity contribution < 1.29 is 5.11 Å². The fraction of sp³-hybridized carbons (Fsp3) is 0.421. The summed E-state index contributed by atoms with van der Waals surface area (Å²) in [6, 6.07) is 5.72. The van der Waals surface area contributed by atoms with Crippen LogP contribution in [0.1, 0.15) is 36.0 Å². The largest absolute Gasteiger partial charge is 0.388 e. The molecule has 0 saturated carbocycles. The molecular weight excluding hydrogens is 342 g/mol. The van der Waals surface area contributed by atoms with E-state index in [4.69, 9.17) is 0 Å². The Morgan fingerprint density at radius 1 is 1.15 bits per heavy atom. The van der Waals surface area contributed by atoms with E-state index in [1.54, 1.807) is 6.20 Å². The number of hydrogen-bond donors (Lipinski definition) is 1. The smallest absolute Gasteiger partial charge is 0.178 e. The van der Waals surface area contributed by atoms with Gasteiger partial charge in [-0.15, -0.1) is 10.2 Å². The highest BCUT2D eigenvalue weighted by Gasteiger charge is 2.26. The minimum Gasteiger partial charge on any atom is -0.388 e. The fourth-order valence-electron chi connectivity index (χ4n) is 3.60. The van der Waals surface area contributed by atoms with Crippen molar-refractivity contribution in [1.82, 2.24) is 34.6 Å². The number of hydrogen-bond acceptors (Lipinski definition) is 7. The topological polar surface area (TPSA) is 92.8 Å². The minimum absolute atomic E-state index is 0.0834. The van der Waals surface area contributed by atoms with Gasteiger partial charge in [0.2, 0.25) is 0 Å². The quantitative estimate of drug-likeness (QED) is 0.733. The normalized spacial score (nSPS) is 17.9. The van der Waals surface area contributed by atoms with E-state index in [1.165, 1.54) is 0 Å². The summed E-state index contributed by atoms with van der Waals surface area (Å²) >= 11 is 0. The van der Waals surface area contributed by atoms with Crippen molar-refractivity contribution in [1.29, 1.82) is 0 Å². The third-order valence-electron chi connectivity index (χ3n) is 5.02. The highest BCUT2D eigenvalue weighted by atomic mass is 16.3. The molecule has 0 spiro atoms. The lowest BCUT2D eigenvalue weighted by Crippen LogP contribution is -2.35. The van der Waals surface area contributed by atoms with Crippen LogP contribution >= 0.6 is 0 Å². The number of rotatable bonds is 5. The monoisotopic (exact) mass is 365 g/mol. The number of nitrogens with zero attached hydrogens (tertiary/aromatic N) is 7. The van der Waals surface area contributed by atoms with Gasteiger partial charge in [0.05, 0.1) is 0 Å². The zero-order valence-corrected chi connectivity index (χ0v) is 15.4. The van der Waals surface area contributed by atoms with Crippen molar-refractivity contribution in [2.24, 2.45) is 7.05 Å². The first kappa shape index (κ1) is 17.7. The summed E-state index contributed by atoms with van der Waals surface area (Å²) in [6.07, 6.45) is 7.71. The maximum absolute atomic E-state index is 9.33. The molecule has 0 unspecified atom stereocenters. The van der Waals surface area contributed by atoms with Crippen LogP contribution in [-0.2, 0) is 20.2 Å². The van der Waals surface area contributed by atoms with Crippen molar-refractivity contribution in [2.45, 2.75) is 31.9 Å². The molecule has 8 nitrogen and oxygen atoms in total. The summed E-state index contributed by atoms with van der Waals surface area (Å²) < 4.78 is 1.92.